The van der Waals surface area contributed by atoms with Gasteiger partial charge in [0.25, 0.3) is 5.91 Å². The van der Waals surface area contributed by atoms with Crippen molar-refractivity contribution in [2.75, 3.05) is 32.1 Å². The maximum atomic E-state index is 13.5. The normalized spacial score (nSPS) is 15.9. The highest BCUT2D eigenvalue weighted by atomic mass is 16.5. The van der Waals surface area contributed by atoms with Gasteiger partial charge in [-0.05, 0) is 44.7 Å². The molecule has 9 heteroatoms. The summed E-state index contributed by atoms with van der Waals surface area (Å²) in [5, 5.41) is 3.02. The van der Waals surface area contributed by atoms with Crippen LogP contribution in [0.25, 0.3) is 0 Å². The maximum Gasteiger partial charge on any atom is 0.342 e. The number of amides is 3. The monoisotopic (exact) mass is 467 g/mol. The lowest BCUT2D eigenvalue weighted by Gasteiger charge is -2.40. The lowest BCUT2D eigenvalue weighted by Crippen LogP contribution is -2.56. The minimum Gasteiger partial charge on any atom is -0.465 e. The van der Waals surface area contributed by atoms with Crippen molar-refractivity contribution in [1.29, 1.82) is 0 Å². The van der Waals surface area contributed by atoms with Crippen molar-refractivity contribution in [2.45, 2.75) is 53.5 Å². The van der Waals surface area contributed by atoms with E-state index >= 15 is 0 Å². The molecule has 0 spiro atoms. The second-order valence-electron chi connectivity index (χ2n) is 9.02. The number of piperazine rings is 1. The summed E-state index contributed by atoms with van der Waals surface area (Å²) in [6.07, 6.45) is 0. The van der Waals surface area contributed by atoms with Gasteiger partial charge in [-0.3, -0.25) is 4.79 Å². The first-order valence-corrected chi connectivity index (χ1v) is 11.4. The molecule has 2 aromatic rings. The van der Waals surface area contributed by atoms with Crippen molar-refractivity contribution < 1.29 is 19.1 Å². The molecule has 1 aromatic heterocycles. The largest absolute Gasteiger partial charge is 0.465 e. The van der Waals surface area contributed by atoms with E-state index in [4.69, 9.17) is 4.74 Å². The van der Waals surface area contributed by atoms with E-state index in [0.29, 0.717) is 31.2 Å². The van der Waals surface area contributed by atoms with Crippen molar-refractivity contribution in [3.05, 3.63) is 52.1 Å². The van der Waals surface area contributed by atoms with Crippen LogP contribution in [0.5, 0.6) is 0 Å². The van der Waals surface area contributed by atoms with Crippen molar-refractivity contribution in [2.24, 2.45) is 0 Å². The number of nitrogens with one attached hydrogen (secondary N) is 1. The van der Waals surface area contributed by atoms with Gasteiger partial charge in [0.05, 0.1) is 12.8 Å². The first-order chi connectivity index (χ1) is 16.0. The van der Waals surface area contributed by atoms with Crippen molar-refractivity contribution in [3.63, 3.8) is 0 Å². The molecule has 0 aliphatic carbocycles. The zero-order valence-electron chi connectivity index (χ0n) is 20.9. The Kier molecular flexibility index (Phi) is 7.54. The van der Waals surface area contributed by atoms with Gasteiger partial charge in [-0.15, -0.1) is 0 Å². The molecule has 1 unspecified atom stereocenters. The molecule has 0 saturated carbocycles. The number of urea groups is 1. The predicted octanol–water partition coefficient (Wildman–Crippen LogP) is 3.69. The highest BCUT2D eigenvalue weighted by molar-refractivity contribution is 6.05. The molecular formula is C25H33N5O4. The number of nitrogens with zero attached hydrogens (tertiary/aromatic N) is 4. The van der Waals surface area contributed by atoms with Crippen LogP contribution >= 0.6 is 0 Å². The van der Waals surface area contributed by atoms with Gasteiger partial charge in [0.15, 0.2) is 0 Å². The van der Waals surface area contributed by atoms with Crippen LogP contribution in [0, 0.1) is 20.8 Å². The van der Waals surface area contributed by atoms with Crippen LogP contribution in [0.1, 0.15) is 70.2 Å². The summed E-state index contributed by atoms with van der Waals surface area (Å²) >= 11 is 0. The summed E-state index contributed by atoms with van der Waals surface area (Å²) in [6, 6.07) is 5.44. The molecule has 1 fully saturated rings. The second kappa shape index (κ2) is 10.2. The molecule has 2 heterocycles. The van der Waals surface area contributed by atoms with E-state index in [-0.39, 0.29) is 35.2 Å². The number of hydrogen-bond acceptors (Lipinski definition) is 6. The zero-order valence-corrected chi connectivity index (χ0v) is 20.9. The molecule has 3 rings (SSSR count). The van der Waals surface area contributed by atoms with Crippen LogP contribution in [0.4, 0.5) is 10.5 Å². The minimum atomic E-state index is -0.633. The third kappa shape index (κ3) is 5.03. The van der Waals surface area contributed by atoms with Gasteiger partial charge in [0.2, 0.25) is 0 Å². The molecule has 1 aliphatic rings. The predicted molar refractivity (Wildman–Crippen MR) is 129 cm³/mol. The van der Waals surface area contributed by atoms with Crippen LogP contribution < -0.4 is 5.32 Å². The quantitative estimate of drug-likeness (QED) is 0.688. The number of rotatable bonds is 4. The Morgan fingerprint density at radius 1 is 1.09 bits per heavy atom. The number of esters is 1. The molecule has 1 aromatic carbocycles. The summed E-state index contributed by atoms with van der Waals surface area (Å²) in [4.78, 5) is 51.1. The minimum absolute atomic E-state index is 0.0451. The molecule has 1 aliphatic heterocycles. The molecule has 34 heavy (non-hydrogen) atoms. The third-order valence-electron chi connectivity index (χ3n) is 6.08. The van der Waals surface area contributed by atoms with E-state index in [0.717, 1.165) is 16.8 Å². The van der Waals surface area contributed by atoms with Gasteiger partial charge in [-0.1, -0.05) is 32.0 Å². The van der Waals surface area contributed by atoms with Crippen LogP contribution in [0.2, 0.25) is 0 Å². The third-order valence-corrected chi connectivity index (χ3v) is 6.08. The molecule has 0 radical (unpaired) electrons. The topological polar surface area (TPSA) is 105 Å². The second-order valence-corrected chi connectivity index (χ2v) is 9.02. The van der Waals surface area contributed by atoms with Crippen LogP contribution in [0.15, 0.2) is 18.2 Å². The van der Waals surface area contributed by atoms with E-state index in [1.54, 1.807) is 16.7 Å². The Morgan fingerprint density at radius 3 is 2.29 bits per heavy atom. The fourth-order valence-electron chi connectivity index (χ4n) is 4.25. The van der Waals surface area contributed by atoms with Crippen molar-refractivity contribution in [3.8, 4) is 0 Å². The Labute approximate surface area is 200 Å². The SMILES string of the molecule is COC(=O)c1c(C(=O)N2CCN(C(=O)Nc3c(C)cccc3C)C(C)C2)nc(C)nc1C(C)C. The lowest BCUT2D eigenvalue weighted by atomic mass is 10.0. The van der Waals surface area contributed by atoms with E-state index in [1.165, 1.54) is 7.11 Å². The maximum absolute atomic E-state index is 13.5. The lowest BCUT2D eigenvalue weighted by molar-refractivity contribution is 0.0550. The molecule has 3 amide bonds. The first-order valence-electron chi connectivity index (χ1n) is 11.4. The number of ether oxygens (including phenoxy) is 1. The van der Waals surface area contributed by atoms with Gasteiger partial charge in [-0.25, -0.2) is 19.6 Å². The van der Waals surface area contributed by atoms with Gasteiger partial charge in [-0.2, -0.15) is 0 Å². The first kappa shape index (κ1) is 25.1. The number of hydrogen-bond donors (Lipinski definition) is 1. The summed E-state index contributed by atoms with van der Waals surface area (Å²) in [6.45, 7) is 12.3. The molecule has 9 nitrogen and oxygen atoms in total. The average molecular weight is 468 g/mol. The molecule has 0 bridgehead atoms. The number of methoxy groups -OCH3 is 1. The number of benzene rings is 1. The molecular weight excluding hydrogens is 434 g/mol. The summed E-state index contributed by atoms with van der Waals surface area (Å²) in [5.41, 5.74) is 3.43. The fourth-order valence-corrected chi connectivity index (χ4v) is 4.25. The summed E-state index contributed by atoms with van der Waals surface area (Å²) < 4.78 is 4.94. The molecule has 1 saturated heterocycles. The number of aromatic nitrogens is 2. The fraction of sp³-hybridized carbons (Fsp3) is 0.480. The van der Waals surface area contributed by atoms with Crippen molar-refractivity contribution in [1.82, 2.24) is 19.8 Å². The van der Waals surface area contributed by atoms with Crippen LogP contribution in [-0.4, -0.2) is 70.5 Å². The standard InChI is InChI=1S/C25H33N5O4/c1-14(2)20-19(24(32)34-7)22(27-18(6)26-20)23(31)29-11-12-30(17(5)13-29)25(33)28-21-15(3)9-8-10-16(21)4/h8-10,14,17H,11-13H2,1-7H3,(H,28,33). The Hall–Kier alpha value is -3.49. The van der Waals surface area contributed by atoms with Crippen LogP contribution in [0.3, 0.4) is 0 Å². The van der Waals surface area contributed by atoms with E-state index in [2.05, 4.69) is 15.3 Å². The average Bonchev–Trinajstić information content (AvgIpc) is 2.79. The number of para-hydroxylation sites is 1. The van der Waals surface area contributed by atoms with Crippen LogP contribution in [-0.2, 0) is 4.74 Å². The number of aryl methyl sites for hydroxylation is 3. The van der Waals surface area contributed by atoms with Crippen molar-refractivity contribution >= 4 is 23.6 Å². The molecule has 182 valence electrons. The van der Waals surface area contributed by atoms with Gasteiger partial charge in [0.1, 0.15) is 17.1 Å². The number of anilines is 1. The Balaban J connectivity index is 1.81. The number of carbonyl (C=O) groups is 3. The molecule has 1 N–H and O–H groups in total. The summed E-state index contributed by atoms with van der Waals surface area (Å²) in [5.74, 6) is -0.674. The summed E-state index contributed by atoms with van der Waals surface area (Å²) in [7, 11) is 1.27. The number of carbonyl (C=O) groups excluding carboxylic acids is 3. The van der Waals surface area contributed by atoms with E-state index < -0.39 is 5.97 Å². The Morgan fingerprint density at radius 2 is 1.74 bits per heavy atom. The molecule has 1 atom stereocenters. The zero-order chi connectivity index (χ0) is 25.2. The van der Waals surface area contributed by atoms with E-state index in [1.807, 2.05) is 52.8 Å². The van der Waals surface area contributed by atoms with Gasteiger partial charge >= 0.3 is 12.0 Å². The van der Waals surface area contributed by atoms with E-state index in [9.17, 15) is 14.4 Å². The highest BCUT2D eigenvalue weighted by Gasteiger charge is 2.34. The smallest absolute Gasteiger partial charge is 0.342 e. The Bertz CT molecular complexity index is 1090. The van der Waals surface area contributed by atoms with Gasteiger partial charge in [0, 0.05) is 31.4 Å². The van der Waals surface area contributed by atoms with Gasteiger partial charge < -0.3 is 19.9 Å². The highest BCUT2D eigenvalue weighted by Crippen LogP contribution is 2.24.